The van der Waals surface area contributed by atoms with Crippen LogP contribution in [0.4, 0.5) is 32.0 Å². The first-order valence-electron chi connectivity index (χ1n) is 10.8. The van der Waals surface area contributed by atoms with Crippen molar-refractivity contribution in [2.24, 2.45) is 5.41 Å². The fourth-order valence-corrected chi connectivity index (χ4v) is 5.09. The summed E-state index contributed by atoms with van der Waals surface area (Å²) in [5.41, 5.74) is -0.273. The van der Waals surface area contributed by atoms with E-state index in [1.54, 1.807) is 44.2 Å². The molecule has 2 nitrogen and oxygen atoms in total. The van der Waals surface area contributed by atoms with Crippen LogP contribution in [0.2, 0.25) is 0 Å². The van der Waals surface area contributed by atoms with E-state index in [9.17, 15) is 31.1 Å². The molecule has 1 aliphatic heterocycles. The summed E-state index contributed by atoms with van der Waals surface area (Å²) in [5, 5.41) is 0. The Morgan fingerprint density at radius 1 is 0.771 bits per heavy atom. The lowest BCUT2D eigenvalue weighted by Crippen LogP contribution is -2.32. The third-order valence-corrected chi connectivity index (χ3v) is 6.72. The lowest BCUT2D eigenvalue weighted by molar-refractivity contribution is -0.138. The molecule has 3 aromatic rings. The average Bonchev–Trinajstić information content (AvgIpc) is 3.23. The number of fused-ring (bicyclic) bond motifs is 3. The van der Waals surface area contributed by atoms with Crippen LogP contribution >= 0.6 is 0 Å². The molecule has 1 saturated heterocycles. The standard InChI is InChI=1S/C27H19F6NO/c1-25(2)22-19-13-12-17(27(31,32)33)14-20(19)21(15-8-10-16(11-9-15)26(28,29)30)23(22)34(24(25)35)18-6-4-3-5-7-18/h3-14,22H,1-2H3. The maximum absolute atomic E-state index is 13.6. The predicted molar refractivity (Wildman–Crippen MR) is 119 cm³/mol. The van der Waals surface area contributed by atoms with Crippen molar-refractivity contribution in [3.8, 4) is 0 Å². The highest BCUT2D eigenvalue weighted by atomic mass is 19.4. The summed E-state index contributed by atoms with van der Waals surface area (Å²) < 4.78 is 80.4. The molecule has 0 aromatic heterocycles. The molecule has 1 atom stereocenters. The highest BCUT2D eigenvalue weighted by molar-refractivity contribution is 6.10. The second-order valence-corrected chi connectivity index (χ2v) is 9.27. The lowest BCUT2D eigenvalue weighted by Gasteiger charge is -2.24. The van der Waals surface area contributed by atoms with Gasteiger partial charge in [0.2, 0.25) is 5.91 Å². The maximum atomic E-state index is 13.6. The van der Waals surface area contributed by atoms with Gasteiger partial charge in [-0.1, -0.05) is 50.2 Å². The summed E-state index contributed by atoms with van der Waals surface area (Å²) in [5.74, 6) is -0.802. The van der Waals surface area contributed by atoms with E-state index >= 15 is 0 Å². The molecule has 180 valence electrons. The van der Waals surface area contributed by atoms with Gasteiger partial charge >= 0.3 is 12.4 Å². The first-order chi connectivity index (χ1) is 16.3. The molecule has 3 aromatic carbocycles. The molecule has 8 heteroatoms. The molecule has 35 heavy (non-hydrogen) atoms. The Balaban J connectivity index is 1.82. The maximum Gasteiger partial charge on any atom is 0.416 e. The quantitative estimate of drug-likeness (QED) is 0.340. The summed E-state index contributed by atoms with van der Waals surface area (Å²) >= 11 is 0. The Kier molecular flexibility index (Phi) is 4.95. The molecule has 0 bridgehead atoms. The van der Waals surface area contributed by atoms with Gasteiger partial charge in [-0.15, -0.1) is 0 Å². The van der Waals surface area contributed by atoms with Gasteiger partial charge in [0.05, 0.1) is 16.5 Å². The van der Waals surface area contributed by atoms with E-state index in [-0.39, 0.29) is 11.5 Å². The van der Waals surface area contributed by atoms with Gasteiger partial charge < -0.3 is 0 Å². The molecule has 1 unspecified atom stereocenters. The highest BCUT2D eigenvalue weighted by Crippen LogP contribution is 2.60. The summed E-state index contributed by atoms with van der Waals surface area (Å²) in [7, 11) is 0. The molecular formula is C27H19F6NO. The van der Waals surface area contributed by atoms with Gasteiger partial charge in [0.25, 0.3) is 0 Å². The SMILES string of the molecule is CC1(C)C(=O)N(c2ccccc2)C2=C(c3ccc(C(F)(F)F)cc3)c3cc(C(F)(F)F)ccc3C21. The van der Waals surface area contributed by atoms with E-state index in [0.717, 1.165) is 24.3 Å². The van der Waals surface area contributed by atoms with Crippen LogP contribution in [0.15, 0.2) is 78.5 Å². The number of amides is 1. The first-order valence-corrected chi connectivity index (χ1v) is 10.8. The van der Waals surface area contributed by atoms with Crippen LogP contribution in [0.3, 0.4) is 0 Å². The topological polar surface area (TPSA) is 20.3 Å². The van der Waals surface area contributed by atoms with E-state index in [0.29, 0.717) is 28.1 Å². The van der Waals surface area contributed by atoms with Crippen LogP contribution in [0, 0.1) is 5.41 Å². The normalized spacial score (nSPS) is 19.3. The number of nitrogens with zero attached hydrogens (tertiary/aromatic N) is 1. The molecule has 0 saturated carbocycles. The van der Waals surface area contributed by atoms with Gasteiger partial charge in [-0.25, -0.2) is 0 Å². The fourth-order valence-electron chi connectivity index (χ4n) is 5.09. The molecule has 1 aliphatic carbocycles. The predicted octanol–water partition coefficient (Wildman–Crippen LogP) is 7.65. The minimum atomic E-state index is -4.60. The number of allylic oxidation sites excluding steroid dienone is 1. The number of alkyl halides is 6. The minimum absolute atomic E-state index is 0.237. The molecule has 2 aliphatic rings. The minimum Gasteiger partial charge on any atom is -0.283 e. The van der Waals surface area contributed by atoms with Crippen molar-refractivity contribution in [3.05, 3.63) is 106 Å². The Morgan fingerprint density at radius 2 is 1.34 bits per heavy atom. The van der Waals surface area contributed by atoms with Crippen molar-refractivity contribution in [1.29, 1.82) is 0 Å². The number of halogens is 6. The van der Waals surface area contributed by atoms with Crippen LogP contribution in [0.1, 0.15) is 47.6 Å². The van der Waals surface area contributed by atoms with E-state index in [4.69, 9.17) is 0 Å². The van der Waals surface area contributed by atoms with E-state index < -0.39 is 34.8 Å². The van der Waals surface area contributed by atoms with Crippen LogP contribution in [-0.2, 0) is 17.1 Å². The van der Waals surface area contributed by atoms with Crippen molar-refractivity contribution in [3.63, 3.8) is 0 Å². The molecule has 0 spiro atoms. The van der Waals surface area contributed by atoms with Gasteiger partial charge in [0, 0.05) is 22.9 Å². The second-order valence-electron chi connectivity index (χ2n) is 9.27. The van der Waals surface area contributed by atoms with Crippen molar-refractivity contribution in [2.45, 2.75) is 32.1 Å². The van der Waals surface area contributed by atoms with Crippen molar-refractivity contribution in [2.75, 3.05) is 4.90 Å². The molecule has 1 amide bonds. The Hall–Kier alpha value is -3.55. The number of carbonyl (C=O) groups excluding carboxylic acids is 1. The summed E-state index contributed by atoms with van der Waals surface area (Å²) in [4.78, 5) is 15.1. The van der Waals surface area contributed by atoms with Crippen LogP contribution < -0.4 is 4.90 Å². The average molecular weight is 487 g/mol. The van der Waals surface area contributed by atoms with Crippen molar-refractivity contribution >= 4 is 17.2 Å². The van der Waals surface area contributed by atoms with E-state index in [2.05, 4.69) is 0 Å². The monoisotopic (exact) mass is 487 g/mol. The lowest BCUT2D eigenvalue weighted by atomic mass is 9.77. The number of rotatable bonds is 2. The fraction of sp³-hybridized carbons (Fsp3) is 0.222. The van der Waals surface area contributed by atoms with Gasteiger partial charge in [0.15, 0.2) is 0 Å². The van der Waals surface area contributed by atoms with Crippen LogP contribution in [-0.4, -0.2) is 5.91 Å². The third kappa shape index (κ3) is 3.54. The van der Waals surface area contributed by atoms with E-state index in [1.807, 2.05) is 0 Å². The zero-order chi connectivity index (χ0) is 25.3. The van der Waals surface area contributed by atoms with E-state index in [1.165, 1.54) is 23.1 Å². The van der Waals surface area contributed by atoms with Gasteiger partial charge in [-0.05, 0) is 53.1 Å². The number of anilines is 1. The van der Waals surface area contributed by atoms with Gasteiger partial charge in [-0.3, -0.25) is 9.69 Å². The van der Waals surface area contributed by atoms with Crippen LogP contribution in [0.5, 0.6) is 0 Å². The highest BCUT2D eigenvalue weighted by Gasteiger charge is 2.56. The largest absolute Gasteiger partial charge is 0.416 e. The summed E-state index contributed by atoms with van der Waals surface area (Å²) in [6.07, 6.45) is -9.16. The van der Waals surface area contributed by atoms with Crippen molar-refractivity contribution in [1.82, 2.24) is 0 Å². The third-order valence-electron chi connectivity index (χ3n) is 6.72. The Bertz CT molecular complexity index is 1350. The second kappa shape index (κ2) is 7.47. The molecule has 5 rings (SSSR count). The molecule has 1 fully saturated rings. The molecular weight excluding hydrogens is 468 g/mol. The Labute approximate surface area is 197 Å². The number of benzene rings is 3. The summed E-state index contributed by atoms with van der Waals surface area (Å²) in [6.45, 7) is 3.47. The van der Waals surface area contributed by atoms with Gasteiger partial charge in [-0.2, -0.15) is 26.3 Å². The molecule has 0 N–H and O–H groups in total. The first kappa shape index (κ1) is 23.2. The number of carbonyl (C=O) groups is 1. The number of hydrogen-bond donors (Lipinski definition) is 0. The molecule has 1 heterocycles. The van der Waals surface area contributed by atoms with Crippen LogP contribution in [0.25, 0.3) is 5.57 Å². The van der Waals surface area contributed by atoms with Gasteiger partial charge in [0.1, 0.15) is 0 Å². The van der Waals surface area contributed by atoms with Crippen molar-refractivity contribution < 1.29 is 31.1 Å². The number of para-hydroxylation sites is 1. The number of hydrogen-bond acceptors (Lipinski definition) is 1. The summed E-state index contributed by atoms with van der Waals surface area (Å²) in [6, 6.07) is 16.4. The smallest absolute Gasteiger partial charge is 0.283 e. The zero-order valence-corrected chi connectivity index (χ0v) is 18.6. The molecule has 0 radical (unpaired) electrons. The Morgan fingerprint density at radius 3 is 1.91 bits per heavy atom. The zero-order valence-electron chi connectivity index (χ0n) is 18.6.